The lowest BCUT2D eigenvalue weighted by Gasteiger charge is -2.27. The molecule has 0 unspecified atom stereocenters. The molecule has 0 radical (unpaired) electrons. The Labute approximate surface area is 115 Å². The first-order valence-electron chi connectivity index (χ1n) is 6.33. The Balaban J connectivity index is 1.93. The van der Waals surface area contributed by atoms with Crippen molar-refractivity contribution in [2.75, 3.05) is 23.7 Å². The van der Waals surface area contributed by atoms with Gasteiger partial charge in [-0.1, -0.05) is 0 Å². The van der Waals surface area contributed by atoms with Gasteiger partial charge in [0.1, 0.15) is 5.82 Å². The molecule has 5 heteroatoms. The number of aromatic nitrogens is 2. The highest BCUT2D eigenvalue weighted by atomic mass is 127. The fourth-order valence-electron chi connectivity index (χ4n) is 2.33. The molecule has 1 saturated heterocycles. The van der Waals surface area contributed by atoms with Gasteiger partial charge in [-0.25, -0.2) is 4.98 Å². The molecular formula is C12H17IN4. The monoisotopic (exact) mass is 344 g/mol. The smallest absolute Gasteiger partial charge is 0.227 e. The second-order valence-electron chi connectivity index (χ2n) is 4.93. The van der Waals surface area contributed by atoms with E-state index in [2.05, 4.69) is 32.5 Å². The van der Waals surface area contributed by atoms with Crippen molar-refractivity contribution in [1.82, 2.24) is 9.97 Å². The van der Waals surface area contributed by atoms with Crippen molar-refractivity contribution in [3.8, 4) is 0 Å². The van der Waals surface area contributed by atoms with E-state index in [1.807, 2.05) is 0 Å². The van der Waals surface area contributed by atoms with Crippen LogP contribution >= 0.6 is 22.6 Å². The number of hydrogen-bond acceptors (Lipinski definition) is 4. The lowest BCUT2D eigenvalue weighted by molar-refractivity contribution is 0.567. The number of rotatable bonds is 2. The summed E-state index contributed by atoms with van der Waals surface area (Å²) in [4.78, 5) is 11.5. The molecule has 1 aliphatic carbocycles. The van der Waals surface area contributed by atoms with Gasteiger partial charge in [0.05, 0.1) is 9.26 Å². The van der Waals surface area contributed by atoms with Crippen LogP contribution in [0.4, 0.5) is 11.8 Å². The zero-order valence-electron chi connectivity index (χ0n) is 9.82. The Morgan fingerprint density at radius 1 is 1.12 bits per heavy atom. The van der Waals surface area contributed by atoms with E-state index in [9.17, 15) is 0 Å². The van der Waals surface area contributed by atoms with Gasteiger partial charge in [0, 0.05) is 19.0 Å². The first kappa shape index (κ1) is 11.5. The molecule has 17 heavy (non-hydrogen) atoms. The number of nitrogen functional groups attached to an aromatic ring is 1. The summed E-state index contributed by atoms with van der Waals surface area (Å²) in [5.74, 6) is 2.14. The minimum atomic E-state index is 0.635. The van der Waals surface area contributed by atoms with Crippen LogP contribution in [0.2, 0.25) is 0 Å². The average Bonchev–Trinajstić information content (AvgIpc) is 3.18. The lowest BCUT2D eigenvalue weighted by atomic mass is 10.1. The van der Waals surface area contributed by atoms with E-state index in [-0.39, 0.29) is 0 Å². The second kappa shape index (κ2) is 4.59. The second-order valence-corrected chi connectivity index (χ2v) is 6.01. The maximum Gasteiger partial charge on any atom is 0.227 e. The highest BCUT2D eigenvalue weighted by Gasteiger charge is 2.29. The van der Waals surface area contributed by atoms with Crippen LogP contribution in [0.25, 0.3) is 0 Å². The van der Waals surface area contributed by atoms with Crippen LogP contribution in [0.1, 0.15) is 43.7 Å². The van der Waals surface area contributed by atoms with E-state index in [1.54, 1.807) is 0 Å². The third-order valence-electron chi connectivity index (χ3n) is 3.49. The fraction of sp³-hybridized carbons (Fsp3) is 0.667. The fourth-order valence-corrected chi connectivity index (χ4v) is 3.01. The summed E-state index contributed by atoms with van der Waals surface area (Å²) >= 11 is 2.28. The molecule has 0 atom stereocenters. The highest BCUT2D eigenvalue weighted by molar-refractivity contribution is 14.1. The molecule has 0 aromatic carbocycles. The first-order chi connectivity index (χ1) is 8.25. The molecule has 2 fully saturated rings. The quantitative estimate of drug-likeness (QED) is 0.838. The predicted molar refractivity (Wildman–Crippen MR) is 77.2 cm³/mol. The minimum absolute atomic E-state index is 0.635. The Morgan fingerprint density at radius 3 is 2.47 bits per heavy atom. The van der Waals surface area contributed by atoms with Gasteiger partial charge >= 0.3 is 0 Å². The van der Waals surface area contributed by atoms with E-state index >= 15 is 0 Å². The zero-order valence-corrected chi connectivity index (χ0v) is 12.0. The maximum absolute atomic E-state index is 6.01. The van der Waals surface area contributed by atoms with Crippen LogP contribution in [-0.2, 0) is 0 Å². The molecule has 1 aliphatic heterocycles. The normalized spacial score (nSPS) is 20.6. The molecule has 0 bridgehead atoms. The maximum atomic E-state index is 6.01. The van der Waals surface area contributed by atoms with Crippen molar-refractivity contribution in [3.63, 3.8) is 0 Å². The molecule has 4 nitrogen and oxygen atoms in total. The molecule has 2 N–H and O–H groups in total. The predicted octanol–water partition coefficient (Wildman–Crippen LogP) is 2.53. The molecule has 2 aliphatic rings. The van der Waals surface area contributed by atoms with Crippen LogP contribution in [0.3, 0.4) is 0 Å². The Morgan fingerprint density at radius 2 is 1.82 bits per heavy atom. The molecule has 1 aromatic heterocycles. The lowest BCUT2D eigenvalue weighted by Crippen LogP contribution is -2.31. The Hall–Kier alpha value is -0.590. The summed E-state index contributed by atoms with van der Waals surface area (Å²) in [6.45, 7) is 2.15. The van der Waals surface area contributed by atoms with E-state index in [4.69, 9.17) is 10.7 Å². The van der Waals surface area contributed by atoms with Crippen LogP contribution < -0.4 is 10.6 Å². The summed E-state index contributed by atoms with van der Waals surface area (Å²) in [6.07, 6.45) is 6.33. The zero-order chi connectivity index (χ0) is 11.8. The number of hydrogen-bond donors (Lipinski definition) is 1. The van der Waals surface area contributed by atoms with Crippen LogP contribution in [-0.4, -0.2) is 23.1 Å². The van der Waals surface area contributed by atoms with Crippen molar-refractivity contribution in [1.29, 1.82) is 0 Å². The van der Waals surface area contributed by atoms with Crippen molar-refractivity contribution in [3.05, 3.63) is 9.26 Å². The standard InChI is InChI=1S/C12H17IN4/c13-9-10(8-4-5-8)15-12(16-11(9)14)17-6-2-1-3-7-17/h8H,1-7H2,(H2,14,15,16). The molecule has 2 heterocycles. The average molecular weight is 344 g/mol. The van der Waals surface area contributed by atoms with Crippen molar-refractivity contribution < 1.29 is 0 Å². The van der Waals surface area contributed by atoms with Gasteiger partial charge in [-0.15, -0.1) is 0 Å². The van der Waals surface area contributed by atoms with Gasteiger partial charge in [0.2, 0.25) is 5.95 Å². The van der Waals surface area contributed by atoms with Gasteiger partial charge < -0.3 is 10.6 Å². The van der Waals surface area contributed by atoms with E-state index in [0.29, 0.717) is 11.7 Å². The minimum Gasteiger partial charge on any atom is -0.383 e. The number of piperidine rings is 1. The molecule has 0 spiro atoms. The molecule has 0 amide bonds. The number of nitrogens with two attached hydrogens (primary N) is 1. The van der Waals surface area contributed by atoms with E-state index in [0.717, 1.165) is 22.6 Å². The third kappa shape index (κ3) is 2.34. The number of halogens is 1. The van der Waals surface area contributed by atoms with Crippen LogP contribution in [0, 0.1) is 3.57 Å². The topological polar surface area (TPSA) is 55.0 Å². The van der Waals surface area contributed by atoms with Crippen LogP contribution in [0.5, 0.6) is 0 Å². The summed E-state index contributed by atoms with van der Waals surface area (Å²) in [6, 6.07) is 0. The van der Waals surface area contributed by atoms with Gasteiger partial charge in [-0.3, -0.25) is 0 Å². The Kier molecular flexibility index (Phi) is 3.10. The summed E-state index contributed by atoms with van der Waals surface area (Å²) in [5.41, 5.74) is 7.19. The molecule has 3 rings (SSSR count). The van der Waals surface area contributed by atoms with Crippen molar-refractivity contribution in [2.45, 2.75) is 38.0 Å². The summed E-state index contributed by atoms with van der Waals surface area (Å²) < 4.78 is 1.06. The number of anilines is 2. The van der Waals surface area contributed by atoms with E-state index in [1.165, 1.54) is 37.8 Å². The third-order valence-corrected chi connectivity index (χ3v) is 4.60. The Bertz CT molecular complexity index is 425. The summed E-state index contributed by atoms with van der Waals surface area (Å²) in [5, 5.41) is 0. The van der Waals surface area contributed by atoms with Crippen LogP contribution in [0.15, 0.2) is 0 Å². The van der Waals surface area contributed by atoms with Crippen molar-refractivity contribution >= 4 is 34.4 Å². The van der Waals surface area contributed by atoms with Gasteiger partial charge in [-0.05, 0) is 54.7 Å². The summed E-state index contributed by atoms with van der Waals surface area (Å²) in [7, 11) is 0. The molecule has 92 valence electrons. The van der Waals surface area contributed by atoms with Gasteiger partial charge in [0.25, 0.3) is 0 Å². The SMILES string of the molecule is Nc1nc(N2CCCCC2)nc(C2CC2)c1I. The van der Waals surface area contributed by atoms with Gasteiger partial charge in [-0.2, -0.15) is 4.98 Å². The molecule has 1 aromatic rings. The van der Waals surface area contributed by atoms with Gasteiger partial charge in [0.15, 0.2) is 0 Å². The van der Waals surface area contributed by atoms with E-state index < -0.39 is 0 Å². The largest absolute Gasteiger partial charge is 0.383 e. The first-order valence-corrected chi connectivity index (χ1v) is 7.41. The molecule has 1 saturated carbocycles. The van der Waals surface area contributed by atoms with Crippen molar-refractivity contribution in [2.24, 2.45) is 0 Å². The molecular weight excluding hydrogens is 327 g/mol. The highest BCUT2D eigenvalue weighted by Crippen LogP contribution is 2.42. The number of nitrogens with zero attached hydrogens (tertiary/aromatic N) is 3.